The Morgan fingerprint density at radius 3 is 2.63 bits per heavy atom. The minimum Gasteiger partial charge on any atom is -0.463 e. The molecule has 0 radical (unpaired) electrons. The van der Waals surface area contributed by atoms with Gasteiger partial charge in [0.05, 0.1) is 10.9 Å². The van der Waals surface area contributed by atoms with Gasteiger partial charge in [-0.25, -0.2) is 4.39 Å². The Labute approximate surface area is 113 Å². The van der Waals surface area contributed by atoms with E-state index in [1.807, 2.05) is 0 Å². The van der Waals surface area contributed by atoms with Gasteiger partial charge in [-0.2, -0.15) is 0 Å². The third-order valence-electron chi connectivity index (χ3n) is 2.90. The lowest BCUT2D eigenvalue weighted by Gasteiger charge is -2.04. The summed E-state index contributed by atoms with van der Waals surface area (Å²) in [5.74, 6) is -0.476. The zero-order valence-electron chi connectivity index (χ0n) is 9.69. The number of benzene rings is 2. The van der Waals surface area contributed by atoms with Crippen LogP contribution in [0.1, 0.15) is 0 Å². The van der Waals surface area contributed by atoms with Crippen LogP contribution in [-0.2, 0) is 0 Å². The van der Waals surface area contributed by atoms with Gasteiger partial charge in [0.2, 0.25) is 5.43 Å². The summed E-state index contributed by atoms with van der Waals surface area (Å²) in [6.45, 7) is 0. The molecule has 0 spiro atoms. The third-order valence-corrected chi connectivity index (χ3v) is 3.23. The third kappa shape index (κ3) is 2.02. The molecule has 0 aliphatic rings. The highest BCUT2D eigenvalue weighted by Gasteiger charge is 2.11. The summed E-state index contributed by atoms with van der Waals surface area (Å²) < 4.78 is 18.6. The van der Waals surface area contributed by atoms with Crippen molar-refractivity contribution in [1.29, 1.82) is 0 Å². The molecule has 2 aromatic carbocycles. The SMILES string of the molecule is O=c1c(-c2ccccc2Cl)coc2ccc(F)cc12. The average molecular weight is 275 g/mol. The molecule has 0 bridgehead atoms. The maximum atomic E-state index is 13.2. The molecule has 3 rings (SSSR count). The summed E-state index contributed by atoms with van der Waals surface area (Å²) in [4.78, 5) is 12.3. The summed E-state index contributed by atoms with van der Waals surface area (Å²) in [6, 6.07) is 10.8. The number of rotatable bonds is 1. The number of fused-ring (bicyclic) bond motifs is 1. The van der Waals surface area contributed by atoms with Gasteiger partial charge in [0.25, 0.3) is 0 Å². The Bertz CT molecular complexity index is 824. The largest absolute Gasteiger partial charge is 0.463 e. The number of hydrogen-bond acceptors (Lipinski definition) is 2. The lowest BCUT2D eigenvalue weighted by Crippen LogP contribution is -2.05. The van der Waals surface area contributed by atoms with E-state index in [4.69, 9.17) is 16.0 Å². The molecule has 1 heterocycles. The molecular formula is C15H8ClFO2. The van der Waals surface area contributed by atoms with Gasteiger partial charge in [0, 0.05) is 10.6 Å². The Morgan fingerprint density at radius 1 is 1.05 bits per heavy atom. The topological polar surface area (TPSA) is 30.2 Å². The van der Waals surface area contributed by atoms with E-state index in [9.17, 15) is 9.18 Å². The van der Waals surface area contributed by atoms with Crippen molar-refractivity contribution in [3.05, 3.63) is 69.8 Å². The van der Waals surface area contributed by atoms with E-state index in [2.05, 4.69) is 0 Å². The molecule has 0 saturated heterocycles. The van der Waals surface area contributed by atoms with Crippen LogP contribution in [-0.4, -0.2) is 0 Å². The first-order chi connectivity index (χ1) is 9.16. The van der Waals surface area contributed by atoms with E-state index in [0.29, 0.717) is 21.7 Å². The summed E-state index contributed by atoms with van der Waals surface area (Å²) in [5, 5.41) is 0.656. The molecule has 0 unspecified atom stereocenters. The minimum atomic E-state index is -0.476. The molecule has 0 aliphatic carbocycles. The van der Waals surface area contributed by atoms with Crippen molar-refractivity contribution >= 4 is 22.6 Å². The molecule has 2 nitrogen and oxygen atoms in total. The van der Waals surface area contributed by atoms with Gasteiger partial charge in [-0.3, -0.25) is 4.79 Å². The molecule has 0 saturated carbocycles. The molecule has 4 heteroatoms. The lowest BCUT2D eigenvalue weighted by atomic mass is 10.1. The molecule has 0 atom stereocenters. The number of halogens is 2. The molecular weight excluding hydrogens is 267 g/mol. The highest BCUT2D eigenvalue weighted by molar-refractivity contribution is 6.33. The average Bonchev–Trinajstić information content (AvgIpc) is 2.41. The predicted octanol–water partition coefficient (Wildman–Crippen LogP) is 4.25. The molecule has 0 N–H and O–H groups in total. The first-order valence-electron chi connectivity index (χ1n) is 5.63. The minimum absolute atomic E-state index is 0.206. The number of hydrogen-bond donors (Lipinski definition) is 0. The fourth-order valence-electron chi connectivity index (χ4n) is 1.97. The van der Waals surface area contributed by atoms with Crippen LogP contribution in [0.25, 0.3) is 22.1 Å². The maximum absolute atomic E-state index is 13.2. The molecule has 0 aliphatic heterocycles. The molecule has 0 fully saturated rings. The van der Waals surface area contributed by atoms with Crippen LogP contribution < -0.4 is 5.43 Å². The Morgan fingerprint density at radius 2 is 1.84 bits per heavy atom. The molecule has 19 heavy (non-hydrogen) atoms. The van der Waals surface area contributed by atoms with Crippen LogP contribution in [0.4, 0.5) is 4.39 Å². The van der Waals surface area contributed by atoms with E-state index in [1.165, 1.54) is 24.5 Å². The van der Waals surface area contributed by atoms with Crippen molar-refractivity contribution in [3.63, 3.8) is 0 Å². The summed E-state index contributed by atoms with van der Waals surface area (Å²) in [7, 11) is 0. The molecule has 94 valence electrons. The first kappa shape index (κ1) is 11.9. The second kappa shape index (κ2) is 4.52. The fraction of sp³-hybridized carbons (Fsp3) is 0. The Balaban J connectivity index is 2.35. The van der Waals surface area contributed by atoms with Crippen LogP contribution in [0.5, 0.6) is 0 Å². The lowest BCUT2D eigenvalue weighted by molar-refractivity contribution is 0.598. The Kier molecular flexibility index (Phi) is 2.84. The van der Waals surface area contributed by atoms with Gasteiger partial charge in [-0.05, 0) is 24.3 Å². The smallest absolute Gasteiger partial charge is 0.200 e. The van der Waals surface area contributed by atoms with Crippen molar-refractivity contribution in [3.8, 4) is 11.1 Å². The van der Waals surface area contributed by atoms with Crippen LogP contribution in [0, 0.1) is 5.82 Å². The van der Waals surface area contributed by atoms with Crippen LogP contribution >= 0.6 is 11.6 Å². The van der Waals surface area contributed by atoms with Crippen LogP contribution in [0.2, 0.25) is 5.02 Å². The zero-order valence-corrected chi connectivity index (χ0v) is 10.4. The van der Waals surface area contributed by atoms with Crippen LogP contribution in [0.3, 0.4) is 0 Å². The zero-order chi connectivity index (χ0) is 13.4. The van der Waals surface area contributed by atoms with E-state index in [1.54, 1.807) is 24.3 Å². The summed E-state index contributed by atoms with van der Waals surface area (Å²) in [5.41, 5.74) is 0.948. The summed E-state index contributed by atoms with van der Waals surface area (Å²) >= 11 is 6.06. The second-order valence-corrected chi connectivity index (χ2v) is 4.51. The first-order valence-corrected chi connectivity index (χ1v) is 6.00. The van der Waals surface area contributed by atoms with Gasteiger partial charge in [-0.1, -0.05) is 29.8 Å². The van der Waals surface area contributed by atoms with Crippen molar-refractivity contribution in [2.24, 2.45) is 0 Å². The monoisotopic (exact) mass is 274 g/mol. The van der Waals surface area contributed by atoms with Crippen molar-refractivity contribution in [2.75, 3.05) is 0 Å². The van der Waals surface area contributed by atoms with E-state index < -0.39 is 5.82 Å². The second-order valence-electron chi connectivity index (χ2n) is 4.10. The maximum Gasteiger partial charge on any atom is 0.200 e. The van der Waals surface area contributed by atoms with Crippen molar-refractivity contribution in [2.45, 2.75) is 0 Å². The van der Waals surface area contributed by atoms with E-state index in [-0.39, 0.29) is 10.8 Å². The van der Waals surface area contributed by atoms with Crippen LogP contribution in [0.15, 0.2) is 57.9 Å². The van der Waals surface area contributed by atoms with Gasteiger partial charge in [0.1, 0.15) is 17.7 Å². The van der Waals surface area contributed by atoms with E-state index in [0.717, 1.165) is 0 Å². The Hall–Kier alpha value is -2.13. The van der Waals surface area contributed by atoms with E-state index >= 15 is 0 Å². The normalized spacial score (nSPS) is 10.8. The molecule has 1 aromatic heterocycles. The quantitative estimate of drug-likeness (QED) is 0.664. The highest BCUT2D eigenvalue weighted by atomic mass is 35.5. The fourth-order valence-corrected chi connectivity index (χ4v) is 2.21. The molecule has 3 aromatic rings. The van der Waals surface area contributed by atoms with Crippen molar-refractivity contribution in [1.82, 2.24) is 0 Å². The summed E-state index contributed by atoms with van der Waals surface area (Å²) in [6.07, 6.45) is 1.35. The van der Waals surface area contributed by atoms with Gasteiger partial charge >= 0.3 is 0 Å². The van der Waals surface area contributed by atoms with Gasteiger partial charge in [0.15, 0.2) is 0 Å². The highest BCUT2D eigenvalue weighted by Crippen LogP contribution is 2.26. The predicted molar refractivity (Wildman–Crippen MR) is 72.9 cm³/mol. The van der Waals surface area contributed by atoms with Gasteiger partial charge in [-0.15, -0.1) is 0 Å². The standard InChI is InChI=1S/C15H8ClFO2/c16-13-4-2-1-3-10(13)12-8-19-14-6-5-9(17)7-11(14)15(12)18/h1-8H. The molecule has 0 amide bonds. The van der Waals surface area contributed by atoms with Gasteiger partial charge < -0.3 is 4.42 Å². The van der Waals surface area contributed by atoms with Crippen molar-refractivity contribution < 1.29 is 8.81 Å².